The van der Waals surface area contributed by atoms with Crippen LogP contribution < -0.4 is 14.2 Å². The Balaban J connectivity index is 1.78. The lowest BCUT2D eigenvalue weighted by atomic mass is 9.86. The molecule has 0 unspecified atom stereocenters. The maximum Gasteiger partial charge on any atom is 0.231 e. The molecule has 1 aromatic carbocycles. The van der Waals surface area contributed by atoms with Gasteiger partial charge in [-0.25, -0.2) is 0 Å². The normalized spacial score (nSPS) is 29.4. The summed E-state index contributed by atoms with van der Waals surface area (Å²) in [6, 6.07) is 2.11. The molecular weight excluding hydrogens is 354 g/mol. The van der Waals surface area contributed by atoms with Gasteiger partial charge in [-0.15, -0.1) is 0 Å². The first-order valence-electron chi connectivity index (χ1n) is 10.2. The highest BCUT2D eigenvalue weighted by molar-refractivity contribution is 5.62. The number of likely N-dealkylation sites (N-methyl/N-ethyl adjacent to an activating group) is 1. The number of hydrogen-bond acceptors (Lipinski definition) is 4. The summed E-state index contributed by atoms with van der Waals surface area (Å²) in [5.74, 6) is 9.38. The van der Waals surface area contributed by atoms with Crippen molar-refractivity contribution in [2.24, 2.45) is 0 Å². The van der Waals surface area contributed by atoms with E-state index < -0.39 is 5.60 Å². The summed E-state index contributed by atoms with van der Waals surface area (Å²) in [5, 5.41) is 0. The van der Waals surface area contributed by atoms with Crippen molar-refractivity contribution in [3.63, 3.8) is 0 Å². The van der Waals surface area contributed by atoms with Gasteiger partial charge in [-0.3, -0.25) is 0 Å². The number of ether oxygens (including phenoxy) is 4. The van der Waals surface area contributed by atoms with Crippen molar-refractivity contribution in [1.82, 2.24) is 0 Å². The second-order valence-electron chi connectivity index (χ2n) is 9.59. The number of rotatable bonds is 1. The summed E-state index contributed by atoms with van der Waals surface area (Å²) in [4.78, 5) is 0. The van der Waals surface area contributed by atoms with Crippen molar-refractivity contribution < 1.29 is 23.4 Å². The molecule has 28 heavy (non-hydrogen) atoms. The van der Waals surface area contributed by atoms with Crippen molar-refractivity contribution in [2.45, 2.75) is 63.7 Å². The van der Waals surface area contributed by atoms with E-state index in [4.69, 9.17) is 18.9 Å². The molecule has 0 aromatic heterocycles. The Morgan fingerprint density at radius 3 is 2.68 bits per heavy atom. The summed E-state index contributed by atoms with van der Waals surface area (Å²) < 4.78 is 24.3. The Morgan fingerprint density at radius 1 is 1.18 bits per heavy atom. The smallest absolute Gasteiger partial charge is 0.231 e. The maximum atomic E-state index is 6.38. The van der Waals surface area contributed by atoms with Crippen molar-refractivity contribution in [1.29, 1.82) is 0 Å². The van der Waals surface area contributed by atoms with Gasteiger partial charge in [0.25, 0.3) is 0 Å². The van der Waals surface area contributed by atoms with Gasteiger partial charge >= 0.3 is 0 Å². The van der Waals surface area contributed by atoms with E-state index in [2.05, 4.69) is 52.8 Å². The molecule has 0 bridgehead atoms. The van der Waals surface area contributed by atoms with E-state index in [0.717, 1.165) is 53.8 Å². The van der Waals surface area contributed by atoms with Crippen molar-refractivity contribution in [3.05, 3.63) is 17.2 Å². The van der Waals surface area contributed by atoms with Gasteiger partial charge in [0.05, 0.1) is 38.9 Å². The van der Waals surface area contributed by atoms with Crippen molar-refractivity contribution in [2.75, 3.05) is 34.5 Å². The van der Waals surface area contributed by atoms with Crippen LogP contribution in [-0.2, 0) is 11.2 Å². The zero-order valence-corrected chi connectivity index (χ0v) is 18.0. The molecule has 0 N–H and O–H groups in total. The van der Waals surface area contributed by atoms with Crippen LogP contribution in [0.2, 0.25) is 0 Å². The fourth-order valence-corrected chi connectivity index (χ4v) is 4.79. The second kappa shape index (κ2) is 6.57. The molecule has 1 fully saturated rings. The molecule has 0 spiro atoms. The minimum Gasteiger partial charge on any atom is -0.492 e. The topological polar surface area (TPSA) is 36.9 Å². The van der Waals surface area contributed by atoms with Gasteiger partial charge in [-0.1, -0.05) is 5.92 Å². The molecule has 0 radical (unpaired) electrons. The van der Waals surface area contributed by atoms with Crippen LogP contribution in [0.1, 0.15) is 57.2 Å². The molecule has 5 nitrogen and oxygen atoms in total. The van der Waals surface area contributed by atoms with E-state index in [1.165, 1.54) is 5.56 Å². The lowest BCUT2D eigenvalue weighted by Crippen LogP contribution is -2.48. The van der Waals surface area contributed by atoms with Gasteiger partial charge in [0.2, 0.25) is 12.5 Å². The summed E-state index contributed by atoms with van der Waals surface area (Å²) in [6.45, 7) is 7.70. The van der Waals surface area contributed by atoms with Crippen LogP contribution in [0, 0.1) is 11.8 Å². The lowest BCUT2D eigenvalue weighted by Gasteiger charge is -2.42. The predicted molar refractivity (Wildman–Crippen MR) is 108 cm³/mol. The molecule has 1 aromatic rings. The third kappa shape index (κ3) is 3.33. The molecule has 5 heteroatoms. The maximum absolute atomic E-state index is 6.38. The van der Waals surface area contributed by atoms with Crippen LogP contribution in [0.25, 0.3) is 0 Å². The van der Waals surface area contributed by atoms with Gasteiger partial charge in [0, 0.05) is 6.42 Å². The zero-order chi connectivity index (χ0) is 20.2. The number of quaternary nitrogens is 1. The molecule has 3 aliphatic heterocycles. The Labute approximate surface area is 168 Å². The van der Waals surface area contributed by atoms with Gasteiger partial charge < -0.3 is 23.4 Å². The highest BCUT2D eigenvalue weighted by atomic mass is 16.7. The first kappa shape index (κ1) is 19.4. The van der Waals surface area contributed by atoms with Crippen LogP contribution in [0.5, 0.6) is 17.2 Å². The predicted octanol–water partition coefficient (Wildman–Crippen LogP) is 3.84. The SMILES string of the molecule is COc1c2c(cc3c1[C@H](C#C[C@]1(C)CCCC(C)(C)O1)[N+](C)(C)CC3)OCO2. The molecular formula is C23H32NO4+. The zero-order valence-electron chi connectivity index (χ0n) is 18.0. The highest BCUT2D eigenvalue weighted by Gasteiger charge is 2.41. The number of nitrogens with zero attached hydrogens (tertiary/aromatic N) is 1. The average molecular weight is 387 g/mol. The van der Waals surface area contributed by atoms with E-state index in [-0.39, 0.29) is 18.4 Å². The van der Waals surface area contributed by atoms with Crippen molar-refractivity contribution >= 4 is 0 Å². The molecule has 1 saturated heterocycles. The van der Waals surface area contributed by atoms with E-state index in [1.807, 2.05) is 0 Å². The molecule has 2 atom stereocenters. The van der Waals surface area contributed by atoms with E-state index in [1.54, 1.807) is 7.11 Å². The summed E-state index contributed by atoms with van der Waals surface area (Å²) in [5.41, 5.74) is 1.84. The quantitative estimate of drug-likeness (QED) is 0.543. The third-order valence-electron chi connectivity index (χ3n) is 6.29. The summed E-state index contributed by atoms with van der Waals surface area (Å²) in [6.07, 6.45) is 4.15. The van der Waals surface area contributed by atoms with Crippen LogP contribution in [-0.4, -0.2) is 50.2 Å². The number of benzene rings is 1. The van der Waals surface area contributed by atoms with Crippen LogP contribution in [0.15, 0.2) is 6.07 Å². The Kier molecular flexibility index (Phi) is 4.56. The molecule has 4 rings (SSSR count). The van der Waals surface area contributed by atoms with Gasteiger partial charge in [0.1, 0.15) is 5.60 Å². The largest absolute Gasteiger partial charge is 0.492 e. The lowest BCUT2D eigenvalue weighted by molar-refractivity contribution is -0.914. The first-order chi connectivity index (χ1) is 13.1. The first-order valence-corrected chi connectivity index (χ1v) is 10.2. The average Bonchev–Trinajstić information content (AvgIpc) is 3.05. The van der Waals surface area contributed by atoms with E-state index >= 15 is 0 Å². The molecule has 0 aliphatic carbocycles. The van der Waals surface area contributed by atoms with Gasteiger partial charge in [0.15, 0.2) is 17.5 Å². The summed E-state index contributed by atoms with van der Waals surface area (Å²) in [7, 11) is 6.17. The monoisotopic (exact) mass is 386 g/mol. The Morgan fingerprint density at radius 2 is 1.96 bits per heavy atom. The van der Waals surface area contributed by atoms with Crippen LogP contribution >= 0.6 is 0 Å². The van der Waals surface area contributed by atoms with Gasteiger partial charge in [-0.2, -0.15) is 0 Å². The molecule has 0 saturated carbocycles. The van der Waals surface area contributed by atoms with Crippen LogP contribution in [0.4, 0.5) is 0 Å². The Hall–Kier alpha value is -1.90. The Bertz CT molecular complexity index is 848. The highest BCUT2D eigenvalue weighted by Crippen LogP contribution is 2.50. The molecule has 3 aliphatic rings. The standard InChI is InChI=1S/C23H32NO4/c1-22(2)10-7-11-23(3,28-22)12-8-17-19-16(9-13-24(17,4)5)14-18-20(21(19)25-6)27-15-26-18/h14,17H,7,9-11,13,15H2,1-6H3/q+1/t17-,23-/m0/s1. The van der Waals surface area contributed by atoms with Crippen molar-refractivity contribution in [3.8, 4) is 29.1 Å². The number of methoxy groups -OCH3 is 1. The van der Waals surface area contributed by atoms with E-state index in [0.29, 0.717) is 5.75 Å². The molecule has 3 heterocycles. The number of fused-ring (bicyclic) bond motifs is 2. The molecule has 0 amide bonds. The summed E-state index contributed by atoms with van der Waals surface area (Å²) >= 11 is 0. The van der Waals surface area contributed by atoms with E-state index in [9.17, 15) is 0 Å². The minimum atomic E-state index is -0.414. The minimum absolute atomic E-state index is 0.00124. The second-order valence-corrected chi connectivity index (χ2v) is 9.59. The fraction of sp³-hybridized carbons (Fsp3) is 0.652. The van der Waals surface area contributed by atoms with Crippen LogP contribution in [0.3, 0.4) is 0 Å². The fourth-order valence-electron chi connectivity index (χ4n) is 4.79. The molecule has 152 valence electrons. The van der Waals surface area contributed by atoms with Gasteiger partial charge in [-0.05, 0) is 57.6 Å². The number of hydrogen-bond donors (Lipinski definition) is 0. The third-order valence-corrected chi connectivity index (χ3v) is 6.29.